The Balaban J connectivity index is 2.18. The van der Waals surface area contributed by atoms with Gasteiger partial charge in [-0.1, -0.05) is 23.2 Å². The summed E-state index contributed by atoms with van der Waals surface area (Å²) in [5.41, 5.74) is -1.13. The molecule has 1 aliphatic rings. The number of halogens is 2. The van der Waals surface area contributed by atoms with Crippen LogP contribution in [-0.4, -0.2) is 56.4 Å². The van der Waals surface area contributed by atoms with E-state index in [0.29, 0.717) is 5.69 Å². The normalized spacial score (nSPS) is 32.6. The number of carbonyl (C=O) groups is 1. The lowest BCUT2D eigenvalue weighted by Crippen LogP contribution is -2.65. The molecule has 5 N–H and O–H groups in total. The van der Waals surface area contributed by atoms with E-state index in [1.165, 1.54) is 13.8 Å². The number of aromatic nitrogens is 1. The average Bonchev–Trinajstić information content (AvgIpc) is 2.72. The van der Waals surface area contributed by atoms with Crippen molar-refractivity contribution in [3.63, 3.8) is 0 Å². The van der Waals surface area contributed by atoms with Crippen LogP contribution in [0.25, 0.3) is 0 Å². The van der Waals surface area contributed by atoms with Gasteiger partial charge in [0.25, 0.3) is 5.91 Å². The first-order valence-electron chi connectivity index (χ1n) is 7.16. The van der Waals surface area contributed by atoms with E-state index in [4.69, 9.17) is 27.9 Å². The molecule has 7 nitrogen and oxygen atoms in total. The fourth-order valence-corrected chi connectivity index (χ4v) is 3.15. The van der Waals surface area contributed by atoms with Crippen molar-refractivity contribution in [3.8, 4) is 0 Å². The van der Waals surface area contributed by atoms with E-state index >= 15 is 0 Å². The lowest BCUT2D eigenvalue weighted by molar-refractivity contribution is -0.267. The smallest absolute Gasteiger partial charge is 0.269 e. The third-order valence-corrected chi connectivity index (χ3v) is 5.16. The Kier molecular flexibility index (Phi) is 5.30. The highest BCUT2D eigenvalue weighted by Crippen LogP contribution is 2.32. The zero-order chi connectivity index (χ0) is 17.5. The molecule has 0 aliphatic carbocycles. The monoisotopic (exact) mass is 366 g/mol. The molecule has 2 heterocycles. The summed E-state index contributed by atoms with van der Waals surface area (Å²) in [7, 11) is 0. The topological polar surface area (TPSA) is 115 Å². The number of nitrogens with one attached hydrogen (secondary N) is 2. The van der Waals surface area contributed by atoms with Crippen molar-refractivity contribution in [1.82, 2.24) is 10.3 Å². The van der Waals surface area contributed by atoms with E-state index in [2.05, 4.69) is 10.3 Å². The minimum Gasteiger partial charge on any atom is -0.387 e. The Hall–Kier alpha value is -0.830. The van der Waals surface area contributed by atoms with Crippen molar-refractivity contribution in [3.05, 3.63) is 21.4 Å². The molecule has 0 aromatic carbocycles. The van der Waals surface area contributed by atoms with Crippen LogP contribution in [0.15, 0.2) is 0 Å². The van der Waals surface area contributed by atoms with Gasteiger partial charge in [0, 0.05) is 12.1 Å². The third-order valence-electron chi connectivity index (χ3n) is 4.21. The maximum absolute atomic E-state index is 12.3. The van der Waals surface area contributed by atoms with Crippen LogP contribution in [0.5, 0.6) is 0 Å². The molecule has 0 bridgehead atoms. The third kappa shape index (κ3) is 3.35. The molecule has 1 unspecified atom stereocenters. The van der Waals surface area contributed by atoms with Crippen LogP contribution in [0.2, 0.25) is 10.0 Å². The van der Waals surface area contributed by atoms with Gasteiger partial charge in [0.15, 0.2) is 6.29 Å². The van der Waals surface area contributed by atoms with Crippen molar-refractivity contribution in [1.29, 1.82) is 0 Å². The average molecular weight is 367 g/mol. The van der Waals surface area contributed by atoms with Gasteiger partial charge in [-0.25, -0.2) is 0 Å². The van der Waals surface area contributed by atoms with E-state index in [-0.39, 0.29) is 22.2 Å². The second-order valence-corrected chi connectivity index (χ2v) is 6.64. The molecule has 0 spiro atoms. The predicted molar refractivity (Wildman–Crippen MR) is 84.6 cm³/mol. The van der Waals surface area contributed by atoms with Crippen molar-refractivity contribution in [2.45, 2.75) is 57.3 Å². The standard InChI is InChI=1S/C14H20Cl2N2O5/c1-5-9(15)10(16)11(17-5)13(21)18-7(3)14(22)4-8(19)23-6(2)12(14)20/h6-8,12,17,19-20,22H,4H2,1-3H3,(H,18,21)/t6-,7?,8-,12-,14-/m1/s1. The molecular formula is C14H20Cl2N2O5. The Morgan fingerprint density at radius 2 is 2.04 bits per heavy atom. The molecule has 9 heteroatoms. The molecule has 1 amide bonds. The summed E-state index contributed by atoms with van der Waals surface area (Å²) >= 11 is 11.9. The zero-order valence-electron chi connectivity index (χ0n) is 12.9. The molecule has 5 atom stereocenters. The number of amides is 1. The second-order valence-electron chi connectivity index (χ2n) is 5.88. The highest BCUT2D eigenvalue weighted by Gasteiger charge is 2.50. The van der Waals surface area contributed by atoms with Crippen molar-refractivity contribution in [2.24, 2.45) is 0 Å². The second kappa shape index (κ2) is 6.58. The zero-order valence-corrected chi connectivity index (χ0v) is 14.4. The number of aliphatic hydroxyl groups is 3. The number of hydrogen-bond donors (Lipinski definition) is 5. The van der Waals surface area contributed by atoms with Gasteiger partial charge >= 0.3 is 0 Å². The number of rotatable bonds is 3. The summed E-state index contributed by atoms with van der Waals surface area (Å²) in [5.74, 6) is -0.577. The van der Waals surface area contributed by atoms with Gasteiger partial charge in [-0.05, 0) is 20.8 Å². The van der Waals surface area contributed by atoms with Crippen molar-refractivity contribution >= 4 is 29.1 Å². The molecule has 2 rings (SSSR count). The van der Waals surface area contributed by atoms with Crippen molar-refractivity contribution < 1.29 is 24.9 Å². The van der Waals surface area contributed by atoms with Gasteiger partial charge in [0.1, 0.15) is 17.4 Å². The Labute approximate surface area is 143 Å². The van der Waals surface area contributed by atoms with Crippen LogP contribution in [0.1, 0.15) is 36.5 Å². The lowest BCUT2D eigenvalue weighted by atomic mass is 9.81. The molecule has 1 aromatic rings. The Morgan fingerprint density at radius 1 is 1.43 bits per heavy atom. The van der Waals surface area contributed by atoms with Crippen LogP contribution >= 0.6 is 23.2 Å². The summed E-state index contributed by atoms with van der Waals surface area (Å²) in [4.78, 5) is 15.1. The summed E-state index contributed by atoms with van der Waals surface area (Å²) < 4.78 is 5.06. The Morgan fingerprint density at radius 3 is 2.57 bits per heavy atom. The van der Waals surface area contributed by atoms with Gasteiger partial charge in [-0.3, -0.25) is 4.79 Å². The molecule has 0 radical (unpaired) electrons. The highest BCUT2D eigenvalue weighted by atomic mass is 35.5. The van der Waals surface area contributed by atoms with Crippen LogP contribution in [0.3, 0.4) is 0 Å². The molecule has 1 saturated heterocycles. The molecule has 1 aromatic heterocycles. The lowest BCUT2D eigenvalue weighted by Gasteiger charge is -2.45. The fraction of sp³-hybridized carbons (Fsp3) is 0.643. The van der Waals surface area contributed by atoms with Crippen LogP contribution in [0.4, 0.5) is 0 Å². The summed E-state index contributed by atoms with van der Waals surface area (Å²) in [6, 6.07) is -0.871. The summed E-state index contributed by atoms with van der Waals surface area (Å²) in [5, 5.41) is 33.4. The van der Waals surface area contributed by atoms with Crippen LogP contribution in [-0.2, 0) is 4.74 Å². The van der Waals surface area contributed by atoms with E-state index in [0.717, 1.165) is 0 Å². The molecular weight excluding hydrogens is 347 g/mol. The van der Waals surface area contributed by atoms with Gasteiger partial charge < -0.3 is 30.4 Å². The Bertz CT molecular complexity index is 608. The number of H-pyrrole nitrogens is 1. The maximum atomic E-state index is 12.3. The minimum absolute atomic E-state index is 0.0692. The van der Waals surface area contributed by atoms with Crippen LogP contribution in [0, 0.1) is 6.92 Å². The minimum atomic E-state index is -1.75. The number of ether oxygens (including phenoxy) is 1. The molecule has 130 valence electrons. The highest BCUT2D eigenvalue weighted by molar-refractivity contribution is 6.44. The van der Waals surface area contributed by atoms with E-state index in [9.17, 15) is 20.1 Å². The molecule has 1 fully saturated rings. The number of hydrogen-bond acceptors (Lipinski definition) is 5. The number of aryl methyl sites for hydroxylation is 1. The SMILES string of the molecule is Cc1[nH]c(C(=O)NC(C)[C@]2(O)C[C@H](O)O[C@H](C)[C@H]2O)c(Cl)c1Cl. The fourth-order valence-electron chi connectivity index (χ4n) is 2.73. The first-order chi connectivity index (χ1) is 10.6. The molecule has 23 heavy (non-hydrogen) atoms. The van der Waals surface area contributed by atoms with Gasteiger partial charge in [0.05, 0.1) is 22.2 Å². The first-order valence-corrected chi connectivity index (χ1v) is 7.92. The quantitative estimate of drug-likeness (QED) is 0.546. The molecule has 1 aliphatic heterocycles. The summed E-state index contributed by atoms with van der Waals surface area (Å²) in [6.07, 6.45) is -3.53. The van der Waals surface area contributed by atoms with Crippen molar-refractivity contribution in [2.75, 3.05) is 0 Å². The first kappa shape index (κ1) is 18.5. The largest absolute Gasteiger partial charge is 0.387 e. The van der Waals surface area contributed by atoms with E-state index in [1.807, 2.05) is 0 Å². The van der Waals surface area contributed by atoms with Gasteiger partial charge in [-0.15, -0.1) is 0 Å². The van der Waals surface area contributed by atoms with E-state index < -0.39 is 36.0 Å². The van der Waals surface area contributed by atoms with E-state index in [1.54, 1.807) is 6.92 Å². The van der Waals surface area contributed by atoms with Crippen LogP contribution < -0.4 is 5.32 Å². The maximum Gasteiger partial charge on any atom is 0.269 e. The summed E-state index contributed by atoms with van der Waals surface area (Å²) in [6.45, 7) is 4.72. The predicted octanol–water partition coefficient (Wildman–Crippen LogP) is 0.967. The number of carbonyl (C=O) groups excluding carboxylic acids is 1. The van der Waals surface area contributed by atoms with Gasteiger partial charge in [-0.2, -0.15) is 0 Å². The molecule has 0 saturated carbocycles. The van der Waals surface area contributed by atoms with Gasteiger partial charge in [0.2, 0.25) is 0 Å². The number of aliphatic hydroxyl groups excluding tert-OH is 2. The number of aromatic amines is 1.